The van der Waals surface area contributed by atoms with Gasteiger partial charge in [0, 0.05) is 41.1 Å². The summed E-state index contributed by atoms with van der Waals surface area (Å²) >= 11 is 0. The van der Waals surface area contributed by atoms with Crippen molar-refractivity contribution in [3.8, 4) is 17.0 Å². The number of aromatic nitrogens is 5. The summed E-state index contributed by atoms with van der Waals surface area (Å²) in [6.07, 6.45) is 2.45. The van der Waals surface area contributed by atoms with Gasteiger partial charge in [-0.05, 0) is 44.0 Å². The van der Waals surface area contributed by atoms with Gasteiger partial charge in [0.15, 0.2) is 11.6 Å². The lowest BCUT2D eigenvalue weighted by Crippen LogP contribution is -2.06. The first kappa shape index (κ1) is 19.1. The third-order valence-electron chi connectivity index (χ3n) is 5.09. The van der Waals surface area contributed by atoms with E-state index in [0.29, 0.717) is 30.0 Å². The first-order chi connectivity index (χ1) is 15.2. The average Bonchev–Trinajstić information content (AvgIpc) is 3.34. The van der Waals surface area contributed by atoms with Crippen molar-refractivity contribution in [2.24, 2.45) is 0 Å². The van der Waals surface area contributed by atoms with Gasteiger partial charge in [0.1, 0.15) is 17.3 Å². The second kappa shape index (κ2) is 8.10. The minimum atomic E-state index is 0.417. The van der Waals surface area contributed by atoms with Crippen molar-refractivity contribution >= 4 is 17.6 Å². The second-order valence-electron chi connectivity index (χ2n) is 7.59. The van der Waals surface area contributed by atoms with Crippen LogP contribution in [0.3, 0.4) is 0 Å². The highest BCUT2D eigenvalue weighted by Crippen LogP contribution is 2.39. The lowest BCUT2D eigenvalue weighted by Gasteiger charge is -2.07. The minimum Gasteiger partial charge on any atom is -0.497 e. The quantitative estimate of drug-likeness (QED) is 0.386. The van der Waals surface area contributed by atoms with Crippen LogP contribution in [0.25, 0.3) is 11.3 Å². The van der Waals surface area contributed by atoms with Crippen LogP contribution < -0.4 is 15.4 Å². The minimum absolute atomic E-state index is 0.417. The summed E-state index contributed by atoms with van der Waals surface area (Å²) in [5.74, 6) is 4.05. The first-order valence-corrected chi connectivity index (χ1v) is 10.2. The van der Waals surface area contributed by atoms with Gasteiger partial charge in [-0.2, -0.15) is 10.1 Å². The van der Waals surface area contributed by atoms with Crippen LogP contribution in [-0.4, -0.2) is 32.4 Å². The van der Waals surface area contributed by atoms with E-state index < -0.39 is 0 Å². The number of nitrogens with zero attached hydrogens (tertiary/aromatic N) is 4. The number of anilines is 3. The molecule has 3 heterocycles. The van der Waals surface area contributed by atoms with E-state index in [4.69, 9.17) is 9.26 Å². The van der Waals surface area contributed by atoms with Crippen LogP contribution in [0.4, 0.5) is 17.6 Å². The Bertz CT molecular complexity index is 1180. The fraction of sp³-hybridized carbons (Fsp3) is 0.273. The molecule has 4 aromatic rings. The van der Waals surface area contributed by atoms with Crippen molar-refractivity contribution in [1.29, 1.82) is 0 Å². The van der Waals surface area contributed by atoms with E-state index in [2.05, 4.69) is 36.0 Å². The Hall–Kier alpha value is -3.88. The van der Waals surface area contributed by atoms with E-state index >= 15 is 0 Å². The lowest BCUT2D eigenvalue weighted by atomic mass is 10.1. The molecule has 1 aliphatic carbocycles. The Morgan fingerprint density at radius 1 is 1.10 bits per heavy atom. The molecule has 0 unspecified atom stereocenters. The molecule has 0 bridgehead atoms. The number of ether oxygens (including phenoxy) is 1. The summed E-state index contributed by atoms with van der Waals surface area (Å²) < 4.78 is 10.6. The molecule has 9 nitrogen and oxygen atoms in total. The molecule has 158 valence electrons. The number of hydrogen-bond acceptors (Lipinski definition) is 8. The van der Waals surface area contributed by atoms with E-state index in [9.17, 15) is 0 Å². The van der Waals surface area contributed by atoms with Crippen LogP contribution in [0.15, 0.2) is 47.0 Å². The van der Waals surface area contributed by atoms with Gasteiger partial charge >= 0.3 is 0 Å². The van der Waals surface area contributed by atoms with Crippen LogP contribution in [0.1, 0.15) is 35.9 Å². The smallest absolute Gasteiger partial charge is 0.225 e. The SMILES string of the molecule is COc1ccc(-c2cc(CNc3nc(C)cc(Nc4cc(C5CC5)[nH]n4)n3)on2)cc1. The summed E-state index contributed by atoms with van der Waals surface area (Å²) in [5.41, 5.74) is 3.73. The fourth-order valence-electron chi connectivity index (χ4n) is 3.31. The Kier molecular flexibility index (Phi) is 4.99. The zero-order valence-electron chi connectivity index (χ0n) is 17.3. The van der Waals surface area contributed by atoms with Crippen LogP contribution in [-0.2, 0) is 6.54 Å². The molecular formula is C22H23N7O2. The molecule has 0 aliphatic heterocycles. The summed E-state index contributed by atoms with van der Waals surface area (Å²) in [4.78, 5) is 8.99. The molecule has 0 atom stereocenters. The Morgan fingerprint density at radius 2 is 1.94 bits per heavy atom. The predicted molar refractivity (Wildman–Crippen MR) is 116 cm³/mol. The van der Waals surface area contributed by atoms with Gasteiger partial charge in [-0.15, -0.1) is 0 Å². The molecule has 31 heavy (non-hydrogen) atoms. The Morgan fingerprint density at radius 3 is 2.71 bits per heavy atom. The third kappa shape index (κ3) is 4.50. The number of nitrogens with one attached hydrogen (secondary N) is 3. The highest BCUT2D eigenvalue weighted by atomic mass is 16.5. The molecule has 1 saturated carbocycles. The largest absolute Gasteiger partial charge is 0.497 e. The zero-order valence-corrected chi connectivity index (χ0v) is 17.3. The molecule has 0 radical (unpaired) electrons. The summed E-state index contributed by atoms with van der Waals surface area (Å²) in [6, 6.07) is 13.5. The van der Waals surface area contributed by atoms with Gasteiger partial charge in [-0.25, -0.2) is 4.98 Å². The third-order valence-corrected chi connectivity index (χ3v) is 5.09. The molecule has 1 aliphatic rings. The highest BCUT2D eigenvalue weighted by molar-refractivity contribution is 5.60. The van der Waals surface area contributed by atoms with Crippen LogP contribution in [0.5, 0.6) is 5.75 Å². The summed E-state index contributed by atoms with van der Waals surface area (Å²) in [6.45, 7) is 2.34. The maximum absolute atomic E-state index is 5.46. The number of aromatic amines is 1. The summed E-state index contributed by atoms with van der Waals surface area (Å²) in [7, 11) is 1.64. The van der Waals surface area contributed by atoms with Gasteiger partial charge < -0.3 is 19.9 Å². The maximum atomic E-state index is 5.46. The Labute approximate surface area is 179 Å². The summed E-state index contributed by atoms with van der Waals surface area (Å²) in [5, 5.41) is 18.0. The van der Waals surface area contributed by atoms with Gasteiger partial charge in [-0.1, -0.05) is 5.16 Å². The molecule has 1 fully saturated rings. The van der Waals surface area contributed by atoms with Crippen molar-refractivity contribution in [2.75, 3.05) is 17.7 Å². The molecular weight excluding hydrogens is 394 g/mol. The number of rotatable bonds is 8. The maximum Gasteiger partial charge on any atom is 0.225 e. The van der Waals surface area contributed by atoms with Crippen molar-refractivity contribution in [1.82, 2.24) is 25.3 Å². The average molecular weight is 417 g/mol. The molecule has 0 saturated heterocycles. The fourth-order valence-corrected chi connectivity index (χ4v) is 3.31. The molecule has 5 rings (SSSR count). The standard InChI is InChI=1S/C22H23N7O2/c1-13-9-20(25-21-11-18(27-28-21)14-3-4-14)26-22(24-13)23-12-17-10-19(29-31-17)15-5-7-16(30-2)8-6-15/h5-11,14H,3-4,12H2,1-2H3,(H3,23,24,25,26,27,28). The number of benzene rings is 1. The number of aryl methyl sites for hydroxylation is 1. The van der Waals surface area contributed by atoms with E-state index in [-0.39, 0.29) is 0 Å². The highest BCUT2D eigenvalue weighted by Gasteiger charge is 2.25. The van der Waals surface area contributed by atoms with Gasteiger partial charge in [-0.3, -0.25) is 5.10 Å². The van der Waals surface area contributed by atoms with Crippen molar-refractivity contribution < 1.29 is 9.26 Å². The number of hydrogen-bond donors (Lipinski definition) is 3. The number of H-pyrrole nitrogens is 1. The topological polar surface area (TPSA) is 114 Å². The molecule has 0 amide bonds. The lowest BCUT2D eigenvalue weighted by molar-refractivity contribution is 0.390. The molecule has 0 spiro atoms. The van der Waals surface area contributed by atoms with Crippen molar-refractivity contribution in [3.63, 3.8) is 0 Å². The predicted octanol–water partition coefficient (Wildman–Crippen LogP) is 4.40. The molecule has 1 aromatic carbocycles. The second-order valence-corrected chi connectivity index (χ2v) is 7.59. The van der Waals surface area contributed by atoms with Gasteiger partial charge in [0.2, 0.25) is 5.95 Å². The molecule has 9 heteroatoms. The van der Waals surface area contributed by atoms with E-state index in [0.717, 1.165) is 28.5 Å². The normalized spacial score (nSPS) is 13.2. The van der Waals surface area contributed by atoms with Gasteiger partial charge in [0.25, 0.3) is 0 Å². The zero-order chi connectivity index (χ0) is 21.2. The monoisotopic (exact) mass is 417 g/mol. The first-order valence-electron chi connectivity index (χ1n) is 10.2. The molecule has 3 N–H and O–H groups in total. The van der Waals surface area contributed by atoms with Crippen molar-refractivity contribution in [3.05, 3.63) is 59.6 Å². The molecule has 3 aromatic heterocycles. The van der Waals surface area contributed by atoms with Crippen LogP contribution in [0.2, 0.25) is 0 Å². The Balaban J connectivity index is 1.24. The van der Waals surface area contributed by atoms with E-state index in [1.165, 1.54) is 18.5 Å². The van der Waals surface area contributed by atoms with E-state index in [1.807, 2.05) is 49.4 Å². The van der Waals surface area contributed by atoms with Crippen LogP contribution in [0, 0.1) is 6.92 Å². The van der Waals surface area contributed by atoms with Crippen molar-refractivity contribution in [2.45, 2.75) is 32.2 Å². The van der Waals surface area contributed by atoms with Crippen LogP contribution >= 0.6 is 0 Å². The number of methoxy groups -OCH3 is 1. The van der Waals surface area contributed by atoms with Gasteiger partial charge in [0.05, 0.1) is 13.7 Å². The van der Waals surface area contributed by atoms with E-state index in [1.54, 1.807) is 7.11 Å².